The summed E-state index contributed by atoms with van der Waals surface area (Å²) >= 11 is 0. The van der Waals surface area contributed by atoms with Gasteiger partial charge in [0.1, 0.15) is 0 Å². The van der Waals surface area contributed by atoms with Crippen molar-refractivity contribution in [2.75, 3.05) is 57.4 Å². The molecule has 134 valence electrons. The molecule has 1 aromatic carbocycles. The number of anilines is 1. The number of aryl methyl sites for hydroxylation is 3. The second-order valence-corrected chi connectivity index (χ2v) is 8.58. The molecule has 24 heavy (non-hydrogen) atoms. The number of morpholine rings is 1. The number of hydrogen-bond donors (Lipinski definition) is 0. The lowest BCUT2D eigenvalue weighted by Gasteiger charge is -2.39. The van der Waals surface area contributed by atoms with Crippen molar-refractivity contribution >= 4 is 15.9 Å². The first kappa shape index (κ1) is 17.7. The predicted molar refractivity (Wildman–Crippen MR) is 95.8 cm³/mol. The van der Waals surface area contributed by atoms with Crippen LogP contribution in [0.25, 0.3) is 0 Å². The first-order valence-electron chi connectivity index (χ1n) is 8.55. The molecule has 0 amide bonds. The lowest BCUT2D eigenvalue weighted by Crippen LogP contribution is -2.55. The zero-order chi connectivity index (χ0) is 17.3. The number of ether oxygens (including phenoxy) is 1. The summed E-state index contributed by atoms with van der Waals surface area (Å²) in [4.78, 5) is 2.31. The summed E-state index contributed by atoms with van der Waals surface area (Å²) in [5.41, 5.74) is 5.04. The quantitative estimate of drug-likeness (QED) is 0.822. The third-order valence-electron chi connectivity index (χ3n) is 4.81. The number of benzene rings is 1. The molecule has 2 fully saturated rings. The summed E-state index contributed by atoms with van der Waals surface area (Å²) in [7, 11) is -3.36. The number of nitrogens with zero attached hydrogens (tertiary/aromatic N) is 3. The SMILES string of the molecule is Cc1cc(C)c(N2CCN(S(=O)(=O)N3CCOCC3)CC2)c(C)c1. The minimum atomic E-state index is -3.36. The summed E-state index contributed by atoms with van der Waals surface area (Å²) < 4.78 is 33.9. The van der Waals surface area contributed by atoms with Crippen LogP contribution in [0.5, 0.6) is 0 Å². The topological polar surface area (TPSA) is 53.1 Å². The second kappa shape index (κ2) is 7.00. The van der Waals surface area contributed by atoms with Gasteiger partial charge in [-0.05, 0) is 31.9 Å². The highest BCUT2D eigenvalue weighted by molar-refractivity contribution is 7.86. The number of piperazine rings is 1. The summed E-state index contributed by atoms with van der Waals surface area (Å²) in [5.74, 6) is 0. The molecular weight excluding hydrogens is 326 g/mol. The number of rotatable bonds is 3. The third-order valence-corrected chi connectivity index (χ3v) is 6.85. The Balaban J connectivity index is 1.70. The van der Waals surface area contributed by atoms with E-state index in [0.29, 0.717) is 39.4 Å². The van der Waals surface area contributed by atoms with Gasteiger partial charge in [-0.15, -0.1) is 0 Å². The molecule has 0 saturated carbocycles. The molecule has 0 radical (unpaired) electrons. The van der Waals surface area contributed by atoms with Gasteiger partial charge in [0.25, 0.3) is 10.2 Å². The van der Waals surface area contributed by atoms with Crippen LogP contribution in [0.4, 0.5) is 5.69 Å². The third kappa shape index (κ3) is 3.44. The molecule has 0 atom stereocenters. The Labute approximate surface area is 145 Å². The molecule has 1 aromatic rings. The van der Waals surface area contributed by atoms with E-state index in [9.17, 15) is 8.42 Å². The zero-order valence-corrected chi connectivity index (χ0v) is 15.6. The van der Waals surface area contributed by atoms with E-state index in [1.54, 1.807) is 8.61 Å². The second-order valence-electron chi connectivity index (χ2n) is 6.65. The van der Waals surface area contributed by atoms with Gasteiger partial charge in [-0.1, -0.05) is 17.7 Å². The maximum absolute atomic E-state index is 12.7. The summed E-state index contributed by atoms with van der Waals surface area (Å²) in [6.07, 6.45) is 0. The molecule has 0 N–H and O–H groups in total. The van der Waals surface area contributed by atoms with Gasteiger partial charge in [-0.2, -0.15) is 17.0 Å². The van der Waals surface area contributed by atoms with E-state index in [-0.39, 0.29) is 0 Å². The van der Waals surface area contributed by atoms with Crippen molar-refractivity contribution in [3.05, 3.63) is 28.8 Å². The van der Waals surface area contributed by atoms with E-state index in [1.165, 1.54) is 22.4 Å². The lowest BCUT2D eigenvalue weighted by molar-refractivity contribution is 0.0700. The normalized spacial score (nSPS) is 21.2. The molecular formula is C17H27N3O3S. The Bertz CT molecular complexity index is 668. The Kier molecular flexibility index (Phi) is 5.15. The van der Waals surface area contributed by atoms with Gasteiger partial charge in [0.05, 0.1) is 13.2 Å². The van der Waals surface area contributed by atoms with Gasteiger partial charge in [0.2, 0.25) is 0 Å². The smallest absolute Gasteiger partial charge is 0.282 e. The van der Waals surface area contributed by atoms with Gasteiger partial charge < -0.3 is 9.64 Å². The van der Waals surface area contributed by atoms with Crippen LogP contribution >= 0.6 is 0 Å². The Morgan fingerprint density at radius 1 is 0.833 bits per heavy atom. The fraction of sp³-hybridized carbons (Fsp3) is 0.647. The molecule has 0 aliphatic carbocycles. The molecule has 0 unspecified atom stereocenters. The van der Waals surface area contributed by atoms with Crippen LogP contribution in [0.15, 0.2) is 12.1 Å². The highest BCUT2D eigenvalue weighted by Crippen LogP contribution is 2.28. The van der Waals surface area contributed by atoms with Crippen molar-refractivity contribution in [3.63, 3.8) is 0 Å². The standard InChI is InChI=1S/C17H27N3O3S/c1-14-12-15(2)17(16(3)13-14)18-4-6-19(7-5-18)24(21,22)20-8-10-23-11-9-20/h12-13H,4-11H2,1-3H3. The molecule has 3 rings (SSSR count). The van der Waals surface area contributed by atoms with Crippen LogP contribution in [-0.2, 0) is 14.9 Å². The first-order valence-corrected chi connectivity index (χ1v) is 9.95. The molecule has 0 aromatic heterocycles. The van der Waals surface area contributed by atoms with Crippen LogP contribution in [0.1, 0.15) is 16.7 Å². The van der Waals surface area contributed by atoms with E-state index < -0.39 is 10.2 Å². The average Bonchev–Trinajstić information content (AvgIpc) is 2.55. The predicted octanol–water partition coefficient (Wildman–Crippen LogP) is 1.31. The van der Waals surface area contributed by atoms with Crippen molar-refractivity contribution in [1.29, 1.82) is 0 Å². The van der Waals surface area contributed by atoms with Crippen LogP contribution in [0.3, 0.4) is 0 Å². The maximum atomic E-state index is 12.7. The highest BCUT2D eigenvalue weighted by atomic mass is 32.2. The fourth-order valence-electron chi connectivity index (χ4n) is 3.75. The van der Waals surface area contributed by atoms with Crippen LogP contribution in [-0.4, -0.2) is 69.5 Å². The monoisotopic (exact) mass is 353 g/mol. The van der Waals surface area contributed by atoms with E-state index in [1.807, 2.05) is 0 Å². The molecule has 2 heterocycles. The van der Waals surface area contributed by atoms with E-state index in [4.69, 9.17) is 4.74 Å². The minimum absolute atomic E-state index is 0.457. The van der Waals surface area contributed by atoms with E-state index in [2.05, 4.69) is 37.8 Å². The van der Waals surface area contributed by atoms with Gasteiger partial charge >= 0.3 is 0 Å². The highest BCUT2D eigenvalue weighted by Gasteiger charge is 2.33. The summed E-state index contributed by atoms with van der Waals surface area (Å²) in [6, 6.07) is 4.39. The Hall–Kier alpha value is -1.15. The van der Waals surface area contributed by atoms with Gasteiger partial charge in [-0.3, -0.25) is 0 Å². The fourth-order valence-corrected chi connectivity index (χ4v) is 5.32. The van der Waals surface area contributed by atoms with Crippen molar-refractivity contribution in [1.82, 2.24) is 8.61 Å². The van der Waals surface area contributed by atoms with Crippen molar-refractivity contribution < 1.29 is 13.2 Å². The molecule has 2 aliphatic heterocycles. The molecule has 2 aliphatic rings. The first-order chi connectivity index (χ1) is 11.4. The molecule has 6 nitrogen and oxygen atoms in total. The lowest BCUT2D eigenvalue weighted by atomic mass is 10.0. The van der Waals surface area contributed by atoms with E-state index in [0.717, 1.165) is 13.1 Å². The van der Waals surface area contributed by atoms with Crippen LogP contribution in [0.2, 0.25) is 0 Å². The van der Waals surface area contributed by atoms with E-state index >= 15 is 0 Å². The van der Waals surface area contributed by atoms with Crippen LogP contribution < -0.4 is 4.90 Å². The summed E-state index contributed by atoms with van der Waals surface area (Å²) in [5, 5.41) is 0. The average molecular weight is 353 g/mol. The van der Waals surface area contributed by atoms with Gasteiger partial charge in [0, 0.05) is 45.0 Å². The molecule has 0 spiro atoms. The van der Waals surface area contributed by atoms with Crippen LogP contribution in [0, 0.1) is 20.8 Å². The van der Waals surface area contributed by atoms with Gasteiger partial charge in [-0.25, -0.2) is 0 Å². The molecule has 0 bridgehead atoms. The van der Waals surface area contributed by atoms with Crippen molar-refractivity contribution in [2.24, 2.45) is 0 Å². The van der Waals surface area contributed by atoms with Crippen molar-refractivity contribution in [2.45, 2.75) is 20.8 Å². The molecule has 7 heteroatoms. The number of hydrogen-bond acceptors (Lipinski definition) is 4. The maximum Gasteiger partial charge on any atom is 0.282 e. The van der Waals surface area contributed by atoms with Crippen molar-refractivity contribution in [3.8, 4) is 0 Å². The Morgan fingerprint density at radius 2 is 1.33 bits per heavy atom. The zero-order valence-electron chi connectivity index (χ0n) is 14.8. The van der Waals surface area contributed by atoms with Gasteiger partial charge in [0.15, 0.2) is 0 Å². The molecule has 2 saturated heterocycles. The largest absolute Gasteiger partial charge is 0.379 e. The minimum Gasteiger partial charge on any atom is -0.379 e. The summed E-state index contributed by atoms with van der Waals surface area (Å²) in [6.45, 7) is 10.8. The Morgan fingerprint density at radius 3 is 1.88 bits per heavy atom.